The van der Waals surface area contributed by atoms with Crippen LogP contribution >= 0.6 is 0 Å². The third-order valence-electron chi connectivity index (χ3n) is 6.01. The van der Waals surface area contributed by atoms with Crippen LogP contribution in [0.1, 0.15) is 62.3 Å². The molecule has 2 aromatic carbocycles. The lowest BCUT2D eigenvalue weighted by atomic mass is 9.79. The van der Waals surface area contributed by atoms with Crippen LogP contribution in [0, 0.1) is 6.92 Å². The molecule has 0 saturated carbocycles. The molecule has 1 atom stereocenters. The molecule has 3 rings (SSSR count). The van der Waals surface area contributed by atoms with Crippen molar-refractivity contribution in [1.29, 1.82) is 0 Å². The number of fused-ring (bicyclic) bond motifs is 1. The number of nitrogens with one attached hydrogen (secondary N) is 1. The highest BCUT2D eigenvalue weighted by molar-refractivity contribution is 5.86. The van der Waals surface area contributed by atoms with E-state index in [1.54, 1.807) is 13.3 Å². The largest absolute Gasteiger partial charge is 0.497 e. The van der Waals surface area contributed by atoms with Gasteiger partial charge in [0.2, 0.25) is 5.91 Å². The molecule has 1 amide bonds. The standard InChI is InChI=1S/C25H33N3O2/c1-7-28-23-12-17(2)20(14-22(23)18(3)15-25(28,4)5)16-26-27-24(29)13-19-8-10-21(30-6)11-9-19/h8-12,14,16,18H,7,13,15H2,1-6H3,(H,27,29)/b26-16+/t18-/m0/s1. The number of nitrogens with zero attached hydrogens (tertiary/aromatic N) is 2. The smallest absolute Gasteiger partial charge is 0.244 e. The second kappa shape index (κ2) is 8.90. The van der Waals surface area contributed by atoms with Gasteiger partial charge in [-0.3, -0.25) is 4.79 Å². The molecule has 1 heterocycles. The van der Waals surface area contributed by atoms with E-state index in [0.717, 1.165) is 35.4 Å². The van der Waals surface area contributed by atoms with Crippen LogP contribution in [-0.2, 0) is 11.2 Å². The zero-order valence-electron chi connectivity index (χ0n) is 19.0. The van der Waals surface area contributed by atoms with Crippen molar-refractivity contribution in [2.75, 3.05) is 18.6 Å². The Balaban J connectivity index is 1.71. The topological polar surface area (TPSA) is 53.9 Å². The van der Waals surface area contributed by atoms with Gasteiger partial charge in [0.15, 0.2) is 0 Å². The molecule has 5 nitrogen and oxygen atoms in total. The molecule has 0 spiro atoms. The molecule has 160 valence electrons. The number of hydrogen-bond acceptors (Lipinski definition) is 4. The summed E-state index contributed by atoms with van der Waals surface area (Å²) < 4.78 is 5.14. The van der Waals surface area contributed by atoms with Gasteiger partial charge in [-0.05, 0) is 86.6 Å². The number of ether oxygens (including phenoxy) is 1. The minimum absolute atomic E-state index is 0.140. The van der Waals surface area contributed by atoms with Gasteiger partial charge < -0.3 is 9.64 Å². The molecule has 0 saturated heterocycles. The van der Waals surface area contributed by atoms with Crippen LogP contribution < -0.4 is 15.1 Å². The average molecular weight is 408 g/mol. The number of amides is 1. The van der Waals surface area contributed by atoms with Gasteiger partial charge in [0.25, 0.3) is 0 Å². The van der Waals surface area contributed by atoms with Crippen LogP contribution in [-0.4, -0.2) is 31.3 Å². The van der Waals surface area contributed by atoms with Crippen LogP contribution in [0.5, 0.6) is 5.75 Å². The molecule has 0 radical (unpaired) electrons. The van der Waals surface area contributed by atoms with Gasteiger partial charge in [-0.25, -0.2) is 5.43 Å². The van der Waals surface area contributed by atoms with E-state index in [1.165, 1.54) is 11.3 Å². The summed E-state index contributed by atoms with van der Waals surface area (Å²) in [5.74, 6) is 1.12. The minimum atomic E-state index is -0.140. The van der Waals surface area contributed by atoms with Gasteiger partial charge in [0.05, 0.1) is 19.7 Å². The van der Waals surface area contributed by atoms with Crippen molar-refractivity contribution in [3.8, 4) is 5.75 Å². The molecule has 0 aliphatic carbocycles. The maximum Gasteiger partial charge on any atom is 0.244 e. The van der Waals surface area contributed by atoms with Crippen molar-refractivity contribution >= 4 is 17.8 Å². The molecule has 1 aliphatic heterocycles. The Bertz CT molecular complexity index is 932. The first kappa shape index (κ1) is 21.9. The predicted octanol–water partition coefficient (Wildman–Crippen LogP) is 4.81. The van der Waals surface area contributed by atoms with Crippen molar-refractivity contribution in [1.82, 2.24) is 5.43 Å². The first-order valence-corrected chi connectivity index (χ1v) is 10.6. The van der Waals surface area contributed by atoms with Gasteiger partial charge in [-0.2, -0.15) is 5.10 Å². The maximum absolute atomic E-state index is 12.2. The Kier molecular flexibility index (Phi) is 6.49. The number of methoxy groups -OCH3 is 1. The highest BCUT2D eigenvalue weighted by atomic mass is 16.5. The summed E-state index contributed by atoms with van der Waals surface area (Å²) in [4.78, 5) is 14.7. The van der Waals surface area contributed by atoms with Gasteiger partial charge in [-0.1, -0.05) is 19.1 Å². The first-order chi connectivity index (χ1) is 14.2. The molecule has 1 aliphatic rings. The van der Waals surface area contributed by atoms with Crippen LogP contribution in [0.2, 0.25) is 0 Å². The van der Waals surface area contributed by atoms with Gasteiger partial charge in [-0.15, -0.1) is 0 Å². The lowest BCUT2D eigenvalue weighted by Gasteiger charge is -2.47. The molecule has 0 aromatic heterocycles. The summed E-state index contributed by atoms with van der Waals surface area (Å²) in [6, 6.07) is 12.0. The van der Waals surface area contributed by atoms with E-state index in [4.69, 9.17) is 4.74 Å². The summed E-state index contributed by atoms with van der Waals surface area (Å²) in [5.41, 5.74) is 8.59. The van der Waals surface area contributed by atoms with E-state index in [9.17, 15) is 4.79 Å². The molecule has 0 bridgehead atoms. The number of aryl methyl sites for hydroxylation is 1. The fraction of sp³-hybridized carbons (Fsp3) is 0.440. The Morgan fingerprint density at radius 2 is 2.00 bits per heavy atom. The summed E-state index contributed by atoms with van der Waals surface area (Å²) in [7, 11) is 1.63. The summed E-state index contributed by atoms with van der Waals surface area (Å²) in [5, 5.41) is 4.21. The van der Waals surface area contributed by atoms with Gasteiger partial charge in [0, 0.05) is 17.8 Å². The van der Waals surface area contributed by atoms with E-state index in [1.807, 2.05) is 24.3 Å². The molecular formula is C25H33N3O2. The second-order valence-electron chi connectivity index (χ2n) is 8.75. The number of benzene rings is 2. The van der Waals surface area contributed by atoms with Gasteiger partial charge >= 0.3 is 0 Å². The molecule has 2 aromatic rings. The van der Waals surface area contributed by atoms with Crippen LogP contribution in [0.15, 0.2) is 41.5 Å². The van der Waals surface area contributed by atoms with Crippen molar-refractivity contribution in [3.05, 3.63) is 58.7 Å². The average Bonchev–Trinajstić information content (AvgIpc) is 2.69. The highest BCUT2D eigenvalue weighted by Crippen LogP contribution is 2.43. The predicted molar refractivity (Wildman–Crippen MR) is 124 cm³/mol. The van der Waals surface area contributed by atoms with E-state index < -0.39 is 0 Å². The minimum Gasteiger partial charge on any atom is -0.497 e. The Labute approximate surface area is 180 Å². The number of hydrazone groups is 1. The Morgan fingerprint density at radius 3 is 2.63 bits per heavy atom. The molecule has 1 N–H and O–H groups in total. The zero-order chi connectivity index (χ0) is 21.9. The van der Waals surface area contributed by atoms with Gasteiger partial charge in [0.1, 0.15) is 5.75 Å². The van der Waals surface area contributed by atoms with E-state index in [0.29, 0.717) is 5.92 Å². The number of carbonyl (C=O) groups excluding carboxylic acids is 1. The van der Waals surface area contributed by atoms with E-state index >= 15 is 0 Å². The molecule has 30 heavy (non-hydrogen) atoms. The van der Waals surface area contributed by atoms with Crippen LogP contribution in [0.25, 0.3) is 0 Å². The number of rotatable bonds is 6. The fourth-order valence-electron chi connectivity index (χ4n) is 4.53. The van der Waals surface area contributed by atoms with Crippen molar-refractivity contribution in [3.63, 3.8) is 0 Å². The quantitative estimate of drug-likeness (QED) is 0.552. The lowest BCUT2D eigenvalue weighted by Crippen LogP contribution is -2.48. The van der Waals surface area contributed by atoms with Crippen molar-refractivity contribution in [2.24, 2.45) is 5.10 Å². The fourth-order valence-corrected chi connectivity index (χ4v) is 4.53. The molecule has 0 unspecified atom stereocenters. The third kappa shape index (κ3) is 4.66. The molecule has 0 fully saturated rings. The zero-order valence-corrected chi connectivity index (χ0v) is 19.0. The van der Waals surface area contributed by atoms with Crippen molar-refractivity contribution < 1.29 is 9.53 Å². The molecule has 5 heteroatoms. The Hall–Kier alpha value is -2.82. The summed E-state index contributed by atoms with van der Waals surface area (Å²) in [6.07, 6.45) is 3.15. The van der Waals surface area contributed by atoms with Crippen molar-refractivity contribution in [2.45, 2.75) is 58.9 Å². The van der Waals surface area contributed by atoms with Crippen LogP contribution in [0.3, 0.4) is 0 Å². The summed E-state index contributed by atoms with van der Waals surface area (Å²) >= 11 is 0. The number of anilines is 1. The maximum atomic E-state index is 12.2. The van der Waals surface area contributed by atoms with E-state index in [2.05, 4.69) is 62.2 Å². The normalized spacial score (nSPS) is 17.7. The SMILES string of the molecule is CCN1c2cc(C)c(/C=N/NC(=O)Cc3ccc(OC)cc3)cc2[C@@H](C)CC1(C)C. The molecular weight excluding hydrogens is 374 g/mol. The van der Waals surface area contributed by atoms with Crippen LogP contribution in [0.4, 0.5) is 5.69 Å². The Morgan fingerprint density at radius 1 is 1.30 bits per heavy atom. The number of hydrogen-bond donors (Lipinski definition) is 1. The first-order valence-electron chi connectivity index (χ1n) is 10.6. The third-order valence-corrected chi connectivity index (χ3v) is 6.01. The summed E-state index contributed by atoms with van der Waals surface area (Å²) in [6.45, 7) is 12.2. The lowest BCUT2D eigenvalue weighted by molar-refractivity contribution is -0.120. The number of carbonyl (C=O) groups is 1. The second-order valence-corrected chi connectivity index (χ2v) is 8.75. The monoisotopic (exact) mass is 407 g/mol. The highest BCUT2D eigenvalue weighted by Gasteiger charge is 2.35. The van der Waals surface area contributed by atoms with E-state index in [-0.39, 0.29) is 17.9 Å².